The zero-order chi connectivity index (χ0) is 19.0. The number of nitrogens with one attached hydrogen (secondary N) is 1. The van der Waals surface area contributed by atoms with Crippen LogP contribution in [-0.4, -0.2) is 26.7 Å². The number of nitrogens with zero attached hydrogens (tertiary/aromatic N) is 3. The number of benzene rings is 1. The largest absolute Gasteiger partial charge is 0.395 e. The minimum atomic E-state index is -0.249. The van der Waals surface area contributed by atoms with Crippen molar-refractivity contribution in [1.29, 1.82) is 0 Å². The van der Waals surface area contributed by atoms with Crippen LogP contribution in [0.1, 0.15) is 24.6 Å². The molecule has 0 spiro atoms. The van der Waals surface area contributed by atoms with Crippen molar-refractivity contribution in [2.24, 2.45) is 0 Å². The molecule has 0 fully saturated rings. The number of anilines is 2. The molecule has 2 heterocycles. The molecule has 0 saturated carbocycles. The smallest absolute Gasteiger partial charge is 0.227 e. The summed E-state index contributed by atoms with van der Waals surface area (Å²) in [6.45, 7) is 2.17. The lowest BCUT2D eigenvalue weighted by Gasteiger charge is -2.22. The highest BCUT2D eigenvalue weighted by Gasteiger charge is 2.34. The van der Waals surface area contributed by atoms with Crippen molar-refractivity contribution in [2.45, 2.75) is 25.2 Å². The summed E-state index contributed by atoms with van der Waals surface area (Å²) in [5, 5.41) is 14.0. The molecule has 1 aliphatic rings. The van der Waals surface area contributed by atoms with Gasteiger partial charge in [-0.3, -0.25) is 4.98 Å². The van der Waals surface area contributed by atoms with Crippen LogP contribution in [0.15, 0.2) is 42.7 Å². The first kappa shape index (κ1) is 18.2. The number of hydrogen-bond donors (Lipinski definition) is 2. The second kappa shape index (κ2) is 7.08. The van der Waals surface area contributed by atoms with E-state index in [2.05, 4.69) is 33.3 Å². The van der Waals surface area contributed by atoms with Gasteiger partial charge in [0.2, 0.25) is 5.95 Å². The number of aliphatic hydroxyl groups is 1. The van der Waals surface area contributed by atoms with Gasteiger partial charge >= 0.3 is 0 Å². The Hall–Kier alpha value is -2.21. The van der Waals surface area contributed by atoms with E-state index >= 15 is 0 Å². The van der Waals surface area contributed by atoms with Crippen molar-refractivity contribution < 1.29 is 5.11 Å². The Balaban J connectivity index is 1.67. The third-order valence-electron chi connectivity index (χ3n) is 5.01. The molecule has 1 aromatic carbocycles. The molecular formula is C20H18Cl2N4O. The van der Waals surface area contributed by atoms with E-state index in [1.165, 1.54) is 0 Å². The Labute approximate surface area is 167 Å². The molecule has 1 aliphatic carbocycles. The number of aromatic nitrogens is 3. The molecule has 0 aliphatic heterocycles. The van der Waals surface area contributed by atoms with Gasteiger partial charge in [-0.2, -0.15) is 0 Å². The highest BCUT2D eigenvalue weighted by atomic mass is 35.5. The monoisotopic (exact) mass is 400 g/mol. The van der Waals surface area contributed by atoms with Crippen molar-refractivity contribution in [1.82, 2.24) is 15.0 Å². The second-order valence-electron chi connectivity index (χ2n) is 6.95. The van der Waals surface area contributed by atoms with Crippen LogP contribution in [-0.2, 0) is 11.8 Å². The van der Waals surface area contributed by atoms with Crippen molar-refractivity contribution in [2.75, 3.05) is 11.9 Å². The van der Waals surface area contributed by atoms with Crippen molar-refractivity contribution in [3.05, 3.63) is 64.0 Å². The number of pyridine rings is 1. The average molecular weight is 401 g/mol. The van der Waals surface area contributed by atoms with Crippen LogP contribution in [0.4, 0.5) is 11.6 Å². The maximum Gasteiger partial charge on any atom is 0.227 e. The summed E-state index contributed by atoms with van der Waals surface area (Å²) in [5.41, 5.74) is 4.16. The molecule has 0 saturated heterocycles. The first-order valence-corrected chi connectivity index (χ1v) is 9.40. The molecule has 1 unspecified atom stereocenters. The van der Waals surface area contributed by atoms with Crippen molar-refractivity contribution >= 4 is 34.8 Å². The number of aliphatic hydroxyl groups excluding tert-OH is 1. The molecule has 5 nitrogen and oxygen atoms in total. The summed E-state index contributed by atoms with van der Waals surface area (Å²) >= 11 is 12.2. The summed E-state index contributed by atoms with van der Waals surface area (Å²) in [6, 6.07) is 9.07. The third kappa shape index (κ3) is 3.50. The number of aryl methyl sites for hydroxylation is 1. The molecule has 7 heteroatoms. The van der Waals surface area contributed by atoms with E-state index in [-0.39, 0.29) is 12.0 Å². The zero-order valence-corrected chi connectivity index (χ0v) is 16.2. The molecular weight excluding hydrogens is 383 g/mol. The molecule has 138 valence electrons. The minimum Gasteiger partial charge on any atom is -0.395 e. The molecule has 0 amide bonds. The maximum absolute atomic E-state index is 9.80. The minimum absolute atomic E-state index is 0.106. The Morgan fingerprint density at radius 2 is 2.04 bits per heavy atom. The fourth-order valence-electron chi connectivity index (χ4n) is 3.34. The Kier molecular flexibility index (Phi) is 4.76. The van der Waals surface area contributed by atoms with E-state index in [9.17, 15) is 5.11 Å². The summed E-state index contributed by atoms with van der Waals surface area (Å²) < 4.78 is 0. The van der Waals surface area contributed by atoms with Gasteiger partial charge in [-0.05, 0) is 48.7 Å². The van der Waals surface area contributed by atoms with Crippen LogP contribution in [0.2, 0.25) is 10.0 Å². The predicted molar refractivity (Wildman–Crippen MR) is 108 cm³/mol. The molecule has 27 heavy (non-hydrogen) atoms. The van der Waals surface area contributed by atoms with Crippen LogP contribution in [0, 0.1) is 0 Å². The summed E-state index contributed by atoms with van der Waals surface area (Å²) in [4.78, 5) is 13.4. The topological polar surface area (TPSA) is 70.9 Å². The molecule has 3 aromatic rings. The Morgan fingerprint density at radius 3 is 2.85 bits per heavy atom. The number of halogens is 2. The van der Waals surface area contributed by atoms with Gasteiger partial charge in [0, 0.05) is 34.1 Å². The van der Waals surface area contributed by atoms with E-state index in [1.807, 2.05) is 12.3 Å². The summed E-state index contributed by atoms with van der Waals surface area (Å²) in [7, 11) is 0. The lowest BCUT2D eigenvalue weighted by molar-refractivity contribution is 0.206. The Morgan fingerprint density at radius 1 is 1.19 bits per heavy atom. The first-order valence-electron chi connectivity index (χ1n) is 8.64. The fourth-order valence-corrected chi connectivity index (χ4v) is 3.68. The van der Waals surface area contributed by atoms with E-state index in [0.29, 0.717) is 21.7 Å². The third-order valence-corrected chi connectivity index (χ3v) is 5.57. The van der Waals surface area contributed by atoms with Crippen LogP contribution in [0.3, 0.4) is 0 Å². The quantitative estimate of drug-likeness (QED) is 0.658. The second-order valence-corrected chi connectivity index (χ2v) is 7.80. The number of fused-ring (bicyclic) bond motifs is 1. The van der Waals surface area contributed by atoms with Crippen LogP contribution >= 0.6 is 23.2 Å². The van der Waals surface area contributed by atoms with Crippen LogP contribution in [0.5, 0.6) is 0 Å². The van der Waals surface area contributed by atoms with E-state index in [0.717, 1.165) is 35.4 Å². The van der Waals surface area contributed by atoms with Gasteiger partial charge in [-0.25, -0.2) is 9.97 Å². The van der Waals surface area contributed by atoms with Gasteiger partial charge in [0.1, 0.15) is 0 Å². The molecule has 0 radical (unpaired) electrons. The van der Waals surface area contributed by atoms with Gasteiger partial charge in [0.25, 0.3) is 0 Å². The normalized spacial score (nSPS) is 18.4. The van der Waals surface area contributed by atoms with Gasteiger partial charge in [-0.1, -0.05) is 30.1 Å². The van der Waals surface area contributed by atoms with Gasteiger partial charge in [0.15, 0.2) is 0 Å². The SMILES string of the molecule is CC1(CO)CCc2ncc(-c3ccnc(Nc4cc(Cl)ccc4Cl)n3)cc21. The number of hydrogen-bond acceptors (Lipinski definition) is 5. The molecule has 0 bridgehead atoms. The highest BCUT2D eigenvalue weighted by Crippen LogP contribution is 2.39. The maximum atomic E-state index is 9.80. The Bertz CT molecular complexity index is 1010. The van der Waals surface area contributed by atoms with Crippen LogP contribution < -0.4 is 5.32 Å². The summed E-state index contributed by atoms with van der Waals surface area (Å²) in [6.07, 6.45) is 5.29. The lowest BCUT2D eigenvalue weighted by Crippen LogP contribution is -2.23. The lowest BCUT2D eigenvalue weighted by atomic mass is 9.85. The van der Waals surface area contributed by atoms with E-state index < -0.39 is 0 Å². The standard InChI is InChI=1S/C20H18Cl2N4O/c1-20(11-27)6-4-17-14(20)8-12(10-24-17)16-5-7-23-19(25-16)26-18-9-13(21)2-3-15(18)22/h2-3,5,7-10,27H,4,6,11H2,1H3,(H,23,25,26). The van der Waals surface area contributed by atoms with E-state index in [1.54, 1.807) is 24.4 Å². The summed E-state index contributed by atoms with van der Waals surface area (Å²) in [5.74, 6) is 0.419. The predicted octanol–water partition coefficient (Wildman–Crippen LogP) is 4.79. The molecule has 4 rings (SSSR count). The van der Waals surface area contributed by atoms with Crippen molar-refractivity contribution in [3.63, 3.8) is 0 Å². The van der Waals surface area contributed by atoms with E-state index in [4.69, 9.17) is 23.2 Å². The highest BCUT2D eigenvalue weighted by molar-refractivity contribution is 6.35. The zero-order valence-electron chi connectivity index (χ0n) is 14.7. The molecule has 1 atom stereocenters. The number of rotatable bonds is 4. The van der Waals surface area contributed by atoms with Crippen molar-refractivity contribution in [3.8, 4) is 11.3 Å². The van der Waals surface area contributed by atoms with Gasteiger partial charge in [-0.15, -0.1) is 0 Å². The molecule has 2 aromatic heterocycles. The fraction of sp³-hybridized carbons (Fsp3) is 0.250. The average Bonchev–Trinajstić information content (AvgIpc) is 3.02. The first-order chi connectivity index (χ1) is 13.0. The van der Waals surface area contributed by atoms with Crippen LogP contribution in [0.25, 0.3) is 11.3 Å². The van der Waals surface area contributed by atoms with Gasteiger partial charge < -0.3 is 10.4 Å². The van der Waals surface area contributed by atoms with Gasteiger partial charge in [0.05, 0.1) is 23.0 Å². The molecule has 2 N–H and O–H groups in total.